The standard InChI is InChI=1S/C13H16O4/c1-16-10-4-5-12-11(8-10)9(7-13(14)15)3-2-6-17-12/h4-5,8-9H,2-3,6-7H2,1H3,(H,14,15). The summed E-state index contributed by atoms with van der Waals surface area (Å²) in [5.41, 5.74) is 0.948. The molecule has 0 aromatic heterocycles. The zero-order chi connectivity index (χ0) is 12.3. The van der Waals surface area contributed by atoms with E-state index in [4.69, 9.17) is 14.6 Å². The van der Waals surface area contributed by atoms with Crippen LogP contribution in [0.2, 0.25) is 0 Å². The molecule has 0 radical (unpaired) electrons. The fraction of sp³-hybridized carbons (Fsp3) is 0.462. The highest BCUT2D eigenvalue weighted by atomic mass is 16.5. The van der Waals surface area contributed by atoms with Gasteiger partial charge in [0.05, 0.1) is 20.1 Å². The van der Waals surface area contributed by atoms with Gasteiger partial charge in [-0.15, -0.1) is 0 Å². The van der Waals surface area contributed by atoms with Crippen molar-refractivity contribution in [3.05, 3.63) is 23.8 Å². The van der Waals surface area contributed by atoms with Crippen molar-refractivity contribution >= 4 is 5.97 Å². The third-order valence-electron chi connectivity index (χ3n) is 3.03. The molecule has 1 aromatic carbocycles. The van der Waals surface area contributed by atoms with E-state index in [1.165, 1.54) is 0 Å². The van der Waals surface area contributed by atoms with E-state index in [1.54, 1.807) is 7.11 Å². The van der Waals surface area contributed by atoms with Crippen LogP contribution in [-0.2, 0) is 4.79 Å². The number of carbonyl (C=O) groups is 1. The first-order chi connectivity index (χ1) is 8.20. The second-order valence-electron chi connectivity index (χ2n) is 4.19. The maximum atomic E-state index is 10.9. The summed E-state index contributed by atoms with van der Waals surface area (Å²) in [7, 11) is 1.60. The molecule has 1 aromatic rings. The molecule has 2 rings (SSSR count). The number of carboxylic acids is 1. The summed E-state index contributed by atoms with van der Waals surface area (Å²) in [6, 6.07) is 5.57. The van der Waals surface area contributed by atoms with Gasteiger partial charge in [-0.1, -0.05) is 0 Å². The number of hydrogen-bond acceptors (Lipinski definition) is 3. The molecule has 1 aliphatic heterocycles. The largest absolute Gasteiger partial charge is 0.497 e. The molecule has 0 aliphatic carbocycles. The molecule has 1 N–H and O–H groups in total. The van der Waals surface area contributed by atoms with Crippen molar-refractivity contribution in [3.8, 4) is 11.5 Å². The van der Waals surface area contributed by atoms with E-state index in [0.717, 1.165) is 29.9 Å². The fourth-order valence-electron chi connectivity index (χ4n) is 2.19. The number of carboxylic acid groups (broad SMARTS) is 1. The quantitative estimate of drug-likeness (QED) is 0.875. The van der Waals surface area contributed by atoms with Gasteiger partial charge in [0.25, 0.3) is 0 Å². The third kappa shape index (κ3) is 2.70. The van der Waals surface area contributed by atoms with Gasteiger partial charge in [-0.2, -0.15) is 0 Å². The van der Waals surface area contributed by atoms with E-state index in [-0.39, 0.29) is 12.3 Å². The summed E-state index contributed by atoms with van der Waals surface area (Å²) in [6.45, 7) is 0.648. The topological polar surface area (TPSA) is 55.8 Å². The highest BCUT2D eigenvalue weighted by Gasteiger charge is 2.22. The molecule has 1 unspecified atom stereocenters. The number of aliphatic carboxylic acids is 1. The van der Waals surface area contributed by atoms with E-state index >= 15 is 0 Å². The Hall–Kier alpha value is -1.71. The van der Waals surface area contributed by atoms with Gasteiger partial charge in [-0.05, 0) is 37.0 Å². The summed E-state index contributed by atoms with van der Waals surface area (Å²) in [5.74, 6) is 0.768. The second-order valence-corrected chi connectivity index (χ2v) is 4.19. The lowest BCUT2D eigenvalue weighted by Crippen LogP contribution is -2.06. The van der Waals surface area contributed by atoms with Crippen LogP contribution in [0.25, 0.3) is 0 Å². The van der Waals surface area contributed by atoms with Gasteiger partial charge >= 0.3 is 5.97 Å². The Bertz CT molecular complexity index is 414. The lowest BCUT2D eigenvalue weighted by molar-refractivity contribution is -0.137. The lowest BCUT2D eigenvalue weighted by Gasteiger charge is -2.15. The van der Waals surface area contributed by atoms with Crippen LogP contribution < -0.4 is 9.47 Å². The summed E-state index contributed by atoms with van der Waals surface area (Å²) < 4.78 is 10.8. The van der Waals surface area contributed by atoms with Crippen LogP contribution in [0, 0.1) is 0 Å². The summed E-state index contributed by atoms with van der Waals surface area (Å²) in [5, 5.41) is 8.94. The monoisotopic (exact) mass is 236 g/mol. The Labute approximate surface area is 100 Å². The average molecular weight is 236 g/mol. The van der Waals surface area contributed by atoms with Crippen LogP contribution in [0.3, 0.4) is 0 Å². The molecule has 0 amide bonds. The predicted octanol–water partition coefficient (Wildman–Crippen LogP) is 2.43. The minimum absolute atomic E-state index is 0.0140. The predicted molar refractivity (Wildman–Crippen MR) is 62.7 cm³/mol. The highest BCUT2D eigenvalue weighted by molar-refractivity contribution is 5.68. The van der Waals surface area contributed by atoms with Crippen LogP contribution in [0.4, 0.5) is 0 Å². The molecular formula is C13H16O4. The summed E-state index contributed by atoms with van der Waals surface area (Å²) in [6.07, 6.45) is 1.87. The maximum Gasteiger partial charge on any atom is 0.303 e. The molecule has 0 bridgehead atoms. The molecule has 0 saturated carbocycles. The van der Waals surface area contributed by atoms with Gasteiger partial charge in [0, 0.05) is 5.56 Å². The van der Waals surface area contributed by atoms with E-state index in [9.17, 15) is 4.79 Å². The molecule has 17 heavy (non-hydrogen) atoms. The number of fused-ring (bicyclic) bond motifs is 1. The van der Waals surface area contributed by atoms with Gasteiger partial charge in [-0.25, -0.2) is 0 Å². The van der Waals surface area contributed by atoms with Gasteiger partial charge in [-0.3, -0.25) is 4.79 Å². The Kier molecular flexibility index (Phi) is 3.52. The molecule has 0 fully saturated rings. The van der Waals surface area contributed by atoms with Crippen LogP contribution >= 0.6 is 0 Å². The van der Waals surface area contributed by atoms with Crippen LogP contribution in [0.5, 0.6) is 11.5 Å². The second kappa shape index (κ2) is 5.08. The van der Waals surface area contributed by atoms with Gasteiger partial charge in [0.2, 0.25) is 0 Å². The van der Waals surface area contributed by atoms with E-state index in [1.807, 2.05) is 18.2 Å². The zero-order valence-electron chi connectivity index (χ0n) is 9.81. The van der Waals surface area contributed by atoms with Crippen LogP contribution in [0.1, 0.15) is 30.7 Å². The minimum Gasteiger partial charge on any atom is -0.497 e. The smallest absolute Gasteiger partial charge is 0.303 e. The molecule has 0 spiro atoms. The average Bonchev–Trinajstić information content (AvgIpc) is 2.51. The first-order valence-electron chi connectivity index (χ1n) is 5.73. The van der Waals surface area contributed by atoms with Crippen LogP contribution in [0.15, 0.2) is 18.2 Å². The number of benzene rings is 1. The lowest BCUT2D eigenvalue weighted by atomic mass is 9.91. The molecule has 0 saturated heterocycles. The Balaban J connectivity index is 2.34. The summed E-state index contributed by atoms with van der Waals surface area (Å²) >= 11 is 0. The molecule has 4 heteroatoms. The van der Waals surface area contributed by atoms with Gasteiger partial charge < -0.3 is 14.6 Å². The number of ether oxygens (including phenoxy) is 2. The van der Waals surface area contributed by atoms with Crippen molar-refractivity contribution in [1.29, 1.82) is 0 Å². The Morgan fingerprint density at radius 3 is 3.12 bits per heavy atom. The van der Waals surface area contributed by atoms with Crippen molar-refractivity contribution in [3.63, 3.8) is 0 Å². The number of rotatable bonds is 3. The summed E-state index contributed by atoms with van der Waals surface area (Å²) in [4.78, 5) is 10.9. The fourth-order valence-corrected chi connectivity index (χ4v) is 2.19. The zero-order valence-corrected chi connectivity index (χ0v) is 9.81. The highest BCUT2D eigenvalue weighted by Crippen LogP contribution is 2.37. The molecule has 1 atom stereocenters. The Morgan fingerprint density at radius 1 is 1.59 bits per heavy atom. The SMILES string of the molecule is COc1ccc2c(c1)C(CC(=O)O)CCCO2. The minimum atomic E-state index is -0.773. The third-order valence-corrected chi connectivity index (χ3v) is 3.03. The number of methoxy groups -OCH3 is 1. The molecule has 4 nitrogen and oxygen atoms in total. The van der Waals surface area contributed by atoms with E-state index in [0.29, 0.717) is 6.61 Å². The molecule has 92 valence electrons. The van der Waals surface area contributed by atoms with Gasteiger partial charge in [0.1, 0.15) is 11.5 Å². The van der Waals surface area contributed by atoms with E-state index < -0.39 is 5.97 Å². The van der Waals surface area contributed by atoms with Crippen LogP contribution in [-0.4, -0.2) is 24.8 Å². The Morgan fingerprint density at radius 2 is 2.41 bits per heavy atom. The van der Waals surface area contributed by atoms with Gasteiger partial charge in [0.15, 0.2) is 0 Å². The van der Waals surface area contributed by atoms with Crippen molar-refractivity contribution in [1.82, 2.24) is 0 Å². The molecular weight excluding hydrogens is 220 g/mol. The maximum absolute atomic E-state index is 10.9. The van der Waals surface area contributed by atoms with Crippen molar-refractivity contribution in [2.45, 2.75) is 25.2 Å². The first kappa shape index (κ1) is 11.8. The molecule has 1 aliphatic rings. The van der Waals surface area contributed by atoms with Crippen molar-refractivity contribution in [2.24, 2.45) is 0 Å². The normalized spacial score (nSPS) is 18.8. The van der Waals surface area contributed by atoms with Crippen molar-refractivity contribution in [2.75, 3.05) is 13.7 Å². The number of hydrogen-bond donors (Lipinski definition) is 1. The molecule has 1 heterocycles. The van der Waals surface area contributed by atoms with Crippen molar-refractivity contribution < 1.29 is 19.4 Å². The van der Waals surface area contributed by atoms with E-state index in [2.05, 4.69) is 0 Å². The first-order valence-corrected chi connectivity index (χ1v) is 5.73.